The Morgan fingerprint density at radius 3 is 2.71 bits per heavy atom. The predicted molar refractivity (Wildman–Crippen MR) is 52.5 cm³/mol. The van der Waals surface area contributed by atoms with Crippen LogP contribution in [0.1, 0.15) is 59.8 Å². The van der Waals surface area contributed by atoms with Crippen LogP contribution in [-0.2, 0) is 0 Å². The molecule has 1 aliphatic rings. The molecule has 1 fully saturated rings. The standard InChI is InChI=1S/C11H15NO2/c1-8-10(7-13)11(14-12-8)9-5-3-2-4-6-9/h7,9H,2-6H2,1H3. The van der Waals surface area contributed by atoms with Gasteiger partial charge in [0.2, 0.25) is 0 Å². The molecule has 0 aliphatic heterocycles. The molecule has 1 aliphatic carbocycles. The first-order valence-corrected chi connectivity index (χ1v) is 5.24. The third kappa shape index (κ3) is 1.59. The minimum atomic E-state index is 0.421. The monoisotopic (exact) mass is 193 g/mol. The van der Waals surface area contributed by atoms with Crippen LogP contribution in [0.15, 0.2) is 4.52 Å². The molecular formula is C11H15NO2. The Morgan fingerprint density at radius 1 is 1.36 bits per heavy atom. The summed E-state index contributed by atoms with van der Waals surface area (Å²) in [5.74, 6) is 1.24. The predicted octanol–water partition coefficient (Wildman–Crippen LogP) is 2.84. The number of carbonyl (C=O) groups excluding carboxylic acids is 1. The van der Waals surface area contributed by atoms with Crippen molar-refractivity contribution in [3.05, 3.63) is 17.0 Å². The number of nitrogens with zero attached hydrogens (tertiary/aromatic N) is 1. The summed E-state index contributed by atoms with van der Waals surface area (Å²) in [4.78, 5) is 10.9. The van der Waals surface area contributed by atoms with Crippen LogP contribution in [-0.4, -0.2) is 11.4 Å². The molecular weight excluding hydrogens is 178 g/mol. The lowest BCUT2D eigenvalue weighted by atomic mass is 9.86. The van der Waals surface area contributed by atoms with E-state index in [4.69, 9.17) is 4.52 Å². The van der Waals surface area contributed by atoms with E-state index in [-0.39, 0.29) is 0 Å². The molecule has 0 unspecified atom stereocenters. The molecule has 76 valence electrons. The summed E-state index contributed by atoms with van der Waals surface area (Å²) in [5, 5.41) is 3.86. The van der Waals surface area contributed by atoms with Crippen LogP contribution in [0.5, 0.6) is 0 Å². The van der Waals surface area contributed by atoms with Crippen molar-refractivity contribution in [3.63, 3.8) is 0 Å². The van der Waals surface area contributed by atoms with Crippen LogP contribution < -0.4 is 0 Å². The van der Waals surface area contributed by atoms with E-state index < -0.39 is 0 Å². The molecule has 3 nitrogen and oxygen atoms in total. The first-order valence-electron chi connectivity index (χ1n) is 5.24. The van der Waals surface area contributed by atoms with E-state index in [1.807, 2.05) is 6.92 Å². The summed E-state index contributed by atoms with van der Waals surface area (Å²) >= 11 is 0. The maximum Gasteiger partial charge on any atom is 0.155 e. The van der Waals surface area contributed by atoms with Gasteiger partial charge in [-0.05, 0) is 19.8 Å². The van der Waals surface area contributed by atoms with E-state index in [0.717, 1.165) is 30.6 Å². The number of aromatic nitrogens is 1. The first-order chi connectivity index (χ1) is 6.83. The van der Waals surface area contributed by atoms with Crippen molar-refractivity contribution < 1.29 is 9.32 Å². The van der Waals surface area contributed by atoms with Gasteiger partial charge in [-0.25, -0.2) is 0 Å². The largest absolute Gasteiger partial charge is 0.360 e. The summed E-state index contributed by atoms with van der Waals surface area (Å²) in [6.07, 6.45) is 6.92. The highest BCUT2D eigenvalue weighted by molar-refractivity contribution is 5.77. The second-order valence-electron chi connectivity index (χ2n) is 4.00. The van der Waals surface area contributed by atoms with Gasteiger partial charge in [0.15, 0.2) is 12.0 Å². The molecule has 14 heavy (non-hydrogen) atoms. The molecule has 0 atom stereocenters. The van der Waals surface area contributed by atoms with Crippen molar-refractivity contribution >= 4 is 6.29 Å². The zero-order chi connectivity index (χ0) is 9.97. The fraction of sp³-hybridized carbons (Fsp3) is 0.636. The molecule has 3 heteroatoms. The zero-order valence-electron chi connectivity index (χ0n) is 8.45. The summed E-state index contributed by atoms with van der Waals surface area (Å²) in [6.45, 7) is 1.82. The zero-order valence-corrected chi connectivity index (χ0v) is 8.45. The summed E-state index contributed by atoms with van der Waals surface area (Å²) < 4.78 is 5.24. The fourth-order valence-corrected chi connectivity index (χ4v) is 2.20. The van der Waals surface area contributed by atoms with E-state index in [2.05, 4.69) is 5.16 Å². The topological polar surface area (TPSA) is 43.1 Å². The molecule has 0 bridgehead atoms. The highest BCUT2D eigenvalue weighted by Crippen LogP contribution is 2.34. The fourth-order valence-electron chi connectivity index (χ4n) is 2.20. The Kier molecular flexibility index (Phi) is 2.66. The Morgan fingerprint density at radius 2 is 2.07 bits per heavy atom. The maximum atomic E-state index is 10.9. The Labute approximate surface area is 83.5 Å². The van der Waals surface area contributed by atoms with Gasteiger partial charge in [0, 0.05) is 5.92 Å². The van der Waals surface area contributed by atoms with Crippen LogP contribution in [0.4, 0.5) is 0 Å². The number of hydrogen-bond donors (Lipinski definition) is 0. The lowest BCUT2D eigenvalue weighted by Gasteiger charge is -2.18. The molecule has 0 radical (unpaired) electrons. The lowest BCUT2D eigenvalue weighted by Crippen LogP contribution is -2.05. The number of hydrogen-bond acceptors (Lipinski definition) is 3. The molecule has 1 aromatic heterocycles. The molecule has 0 amide bonds. The Balaban J connectivity index is 2.25. The van der Waals surface area contributed by atoms with Crippen LogP contribution >= 0.6 is 0 Å². The molecule has 1 saturated carbocycles. The second-order valence-corrected chi connectivity index (χ2v) is 4.00. The number of carbonyl (C=O) groups is 1. The van der Waals surface area contributed by atoms with Gasteiger partial charge in [0.1, 0.15) is 0 Å². The normalized spacial score (nSPS) is 18.4. The van der Waals surface area contributed by atoms with Gasteiger partial charge >= 0.3 is 0 Å². The molecule has 0 aromatic carbocycles. The minimum absolute atomic E-state index is 0.421. The van der Waals surface area contributed by atoms with Gasteiger partial charge in [0.25, 0.3) is 0 Å². The van der Waals surface area contributed by atoms with Gasteiger partial charge in [-0.1, -0.05) is 24.4 Å². The van der Waals surface area contributed by atoms with Crippen LogP contribution in [0.2, 0.25) is 0 Å². The third-order valence-corrected chi connectivity index (χ3v) is 3.03. The molecule has 0 spiro atoms. The minimum Gasteiger partial charge on any atom is -0.360 e. The summed E-state index contributed by atoms with van der Waals surface area (Å²) in [6, 6.07) is 0. The van der Waals surface area contributed by atoms with Crippen LogP contribution in [0.25, 0.3) is 0 Å². The van der Waals surface area contributed by atoms with E-state index in [9.17, 15) is 4.79 Å². The summed E-state index contributed by atoms with van der Waals surface area (Å²) in [7, 11) is 0. The van der Waals surface area contributed by atoms with Crippen LogP contribution in [0.3, 0.4) is 0 Å². The van der Waals surface area contributed by atoms with Crippen molar-refractivity contribution in [3.8, 4) is 0 Å². The number of aryl methyl sites for hydroxylation is 1. The lowest BCUT2D eigenvalue weighted by molar-refractivity contribution is 0.112. The second kappa shape index (κ2) is 3.95. The van der Waals surface area contributed by atoms with Crippen molar-refractivity contribution in [1.82, 2.24) is 5.16 Å². The number of rotatable bonds is 2. The maximum absolute atomic E-state index is 10.9. The van der Waals surface area contributed by atoms with E-state index in [1.165, 1.54) is 19.3 Å². The van der Waals surface area contributed by atoms with Crippen molar-refractivity contribution in [2.45, 2.75) is 44.9 Å². The molecule has 2 rings (SSSR count). The SMILES string of the molecule is Cc1noc(C2CCCCC2)c1C=O. The van der Waals surface area contributed by atoms with E-state index >= 15 is 0 Å². The summed E-state index contributed by atoms with van der Waals surface area (Å²) in [5.41, 5.74) is 1.40. The van der Waals surface area contributed by atoms with Gasteiger partial charge < -0.3 is 4.52 Å². The van der Waals surface area contributed by atoms with Crippen molar-refractivity contribution in [1.29, 1.82) is 0 Å². The Bertz CT molecular complexity index is 324. The van der Waals surface area contributed by atoms with Gasteiger partial charge in [-0.2, -0.15) is 0 Å². The average Bonchev–Trinajstić information content (AvgIpc) is 2.61. The average molecular weight is 193 g/mol. The van der Waals surface area contributed by atoms with E-state index in [1.54, 1.807) is 0 Å². The highest BCUT2D eigenvalue weighted by Gasteiger charge is 2.23. The third-order valence-electron chi connectivity index (χ3n) is 3.03. The smallest absolute Gasteiger partial charge is 0.155 e. The highest BCUT2D eigenvalue weighted by atomic mass is 16.5. The molecule has 0 saturated heterocycles. The molecule has 0 N–H and O–H groups in total. The van der Waals surface area contributed by atoms with Crippen LogP contribution in [0, 0.1) is 6.92 Å². The van der Waals surface area contributed by atoms with E-state index in [0.29, 0.717) is 11.5 Å². The van der Waals surface area contributed by atoms with Gasteiger partial charge in [-0.3, -0.25) is 4.79 Å². The van der Waals surface area contributed by atoms with Gasteiger partial charge in [0.05, 0.1) is 11.3 Å². The first kappa shape index (κ1) is 9.44. The van der Waals surface area contributed by atoms with Crippen molar-refractivity contribution in [2.75, 3.05) is 0 Å². The van der Waals surface area contributed by atoms with Crippen molar-refractivity contribution in [2.24, 2.45) is 0 Å². The number of aldehydes is 1. The Hall–Kier alpha value is -1.12. The molecule has 1 aromatic rings. The quantitative estimate of drug-likeness (QED) is 0.678. The van der Waals surface area contributed by atoms with Gasteiger partial charge in [-0.15, -0.1) is 0 Å². The molecule has 1 heterocycles.